The number of rotatable bonds is 10. The largest absolute Gasteiger partial charge is 0.469 e. The van der Waals surface area contributed by atoms with Crippen LogP contribution in [0.5, 0.6) is 0 Å². The van der Waals surface area contributed by atoms with Crippen molar-refractivity contribution in [2.24, 2.45) is 0 Å². The van der Waals surface area contributed by atoms with E-state index in [1.54, 1.807) is 0 Å². The zero-order valence-electron chi connectivity index (χ0n) is 19.2. The van der Waals surface area contributed by atoms with Crippen LogP contribution in [0, 0.1) is 0 Å². The first-order chi connectivity index (χ1) is 16.3. The van der Waals surface area contributed by atoms with Crippen molar-refractivity contribution in [3.05, 3.63) is 108 Å². The van der Waals surface area contributed by atoms with E-state index in [1.807, 2.05) is 0 Å². The molecule has 0 aliphatic heterocycles. The molecule has 0 saturated heterocycles. The van der Waals surface area contributed by atoms with Crippen LogP contribution in [-0.2, 0) is 28.9 Å². The van der Waals surface area contributed by atoms with Gasteiger partial charge < -0.3 is 9.30 Å². The zero-order chi connectivity index (χ0) is 22.9. The molecule has 0 unspecified atom stereocenters. The third kappa shape index (κ3) is 5.81. The monoisotopic (exact) mass is 437 g/mol. The molecule has 0 spiro atoms. The van der Waals surface area contributed by atoms with Gasteiger partial charge >= 0.3 is 5.97 Å². The molecule has 0 fully saturated rings. The standard InChI is InChI=1S/C30H31NO2/c1-33-29(32)20-12-11-19-27-23-28(25-15-7-3-8-16-25)30(26-17-9-4-10-18-26)31(27)22-21-24-13-5-2-6-14-24/h2-10,13-18,23H,11-12,19-22H2,1H3. The predicted octanol–water partition coefficient (Wildman–Crippen LogP) is 6.95. The summed E-state index contributed by atoms with van der Waals surface area (Å²) in [6, 6.07) is 34.3. The number of esters is 1. The number of hydrogen-bond donors (Lipinski definition) is 0. The fourth-order valence-electron chi connectivity index (χ4n) is 4.37. The molecule has 0 aliphatic rings. The van der Waals surface area contributed by atoms with Gasteiger partial charge in [-0.05, 0) is 48.4 Å². The number of hydrogen-bond acceptors (Lipinski definition) is 2. The summed E-state index contributed by atoms with van der Waals surface area (Å²) in [4.78, 5) is 11.6. The quantitative estimate of drug-likeness (QED) is 0.198. The molecule has 0 radical (unpaired) electrons. The van der Waals surface area contributed by atoms with Crippen LogP contribution in [0.15, 0.2) is 97.1 Å². The van der Waals surface area contributed by atoms with Gasteiger partial charge in [-0.2, -0.15) is 0 Å². The highest BCUT2D eigenvalue weighted by Crippen LogP contribution is 2.36. The Morgan fingerprint density at radius 3 is 2.00 bits per heavy atom. The van der Waals surface area contributed by atoms with Crippen LogP contribution in [0.1, 0.15) is 30.5 Å². The van der Waals surface area contributed by atoms with E-state index in [0.29, 0.717) is 6.42 Å². The minimum Gasteiger partial charge on any atom is -0.469 e. The summed E-state index contributed by atoms with van der Waals surface area (Å²) in [6.45, 7) is 0.910. The summed E-state index contributed by atoms with van der Waals surface area (Å²) in [5.41, 5.74) is 7.63. The molecule has 0 N–H and O–H groups in total. The van der Waals surface area contributed by atoms with Crippen LogP contribution in [0.25, 0.3) is 22.4 Å². The number of unbranched alkanes of at least 4 members (excludes halogenated alkanes) is 1. The van der Waals surface area contributed by atoms with Gasteiger partial charge in [-0.25, -0.2) is 0 Å². The van der Waals surface area contributed by atoms with Gasteiger partial charge in [0.2, 0.25) is 0 Å². The first kappa shape index (κ1) is 22.6. The highest BCUT2D eigenvalue weighted by Gasteiger charge is 2.18. The van der Waals surface area contributed by atoms with Crippen LogP contribution in [0.4, 0.5) is 0 Å². The Bertz CT molecular complexity index is 1150. The van der Waals surface area contributed by atoms with E-state index in [-0.39, 0.29) is 5.97 Å². The average Bonchev–Trinajstić information content (AvgIpc) is 3.25. The van der Waals surface area contributed by atoms with Crippen molar-refractivity contribution >= 4 is 5.97 Å². The van der Waals surface area contributed by atoms with Crippen molar-refractivity contribution in [2.45, 2.75) is 38.6 Å². The van der Waals surface area contributed by atoms with Gasteiger partial charge in [0, 0.05) is 24.2 Å². The minimum absolute atomic E-state index is 0.135. The van der Waals surface area contributed by atoms with Crippen molar-refractivity contribution in [3.8, 4) is 22.4 Å². The maximum absolute atomic E-state index is 11.6. The normalized spacial score (nSPS) is 10.8. The number of benzene rings is 3. The number of ether oxygens (including phenoxy) is 1. The number of aryl methyl sites for hydroxylation is 2. The average molecular weight is 438 g/mol. The Balaban J connectivity index is 1.71. The van der Waals surface area contributed by atoms with E-state index >= 15 is 0 Å². The summed E-state index contributed by atoms with van der Waals surface area (Å²) < 4.78 is 7.30. The van der Waals surface area contributed by atoms with Crippen LogP contribution in [0.3, 0.4) is 0 Å². The zero-order valence-corrected chi connectivity index (χ0v) is 19.2. The second-order valence-electron chi connectivity index (χ2n) is 8.30. The van der Waals surface area contributed by atoms with Crippen LogP contribution < -0.4 is 0 Å². The summed E-state index contributed by atoms with van der Waals surface area (Å²) in [5.74, 6) is -0.135. The Kier molecular flexibility index (Phi) is 7.76. The number of methoxy groups -OCH3 is 1. The van der Waals surface area contributed by atoms with Gasteiger partial charge in [-0.1, -0.05) is 91.0 Å². The molecule has 0 amide bonds. The van der Waals surface area contributed by atoms with E-state index in [0.717, 1.165) is 32.2 Å². The Morgan fingerprint density at radius 2 is 1.36 bits per heavy atom. The second kappa shape index (κ2) is 11.3. The lowest BCUT2D eigenvalue weighted by atomic mass is 10.0. The van der Waals surface area contributed by atoms with Gasteiger partial charge in [0.1, 0.15) is 0 Å². The molecule has 33 heavy (non-hydrogen) atoms. The smallest absolute Gasteiger partial charge is 0.305 e. The predicted molar refractivity (Wildman–Crippen MR) is 135 cm³/mol. The second-order valence-corrected chi connectivity index (χ2v) is 8.30. The molecule has 1 aromatic heterocycles. The summed E-state index contributed by atoms with van der Waals surface area (Å²) >= 11 is 0. The first-order valence-electron chi connectivity index (χ1n) is 11.7. The third-order valence-corrected chi connectivity index (χ3v) is 6.07. The molecular weight excluding hydrogens is 406 g/mol. The lowest BCUT2D eigenvalue weighted by molar-refractivity contribution is -0.140. The highest BCUT2D eigenvalue weighted by atomic mass is 16.5. The summed E-state index contributed by atoms with van der Waals surface area (Å²) in [7, 11) is 1.45. The first-order valence-corrected chi connectivity index (χ1v) is 11.7. The number of nitrogens with zero attached hydrogens (tertiary/aromatic N) is 1. The molecule has 1 heterocycles. The van der Waals surface area contributed by atoms with Crippen molar-refractivity contribution in [1.82, 2.24) is 4.57 Å². The molecule has 3 nitrogen and oxygen atoms in total. The van der Waals surface area contributed by atoms with E-state index in [4.69, 9.17) is 4.74 Å². The Morgan fingerprint density at radius 1 is 0.758 bits per heavy atom. The fraction of sp³-hybridized carbons (Fsp3) is 0.233. The molecule has 3 heteroatoms. The molecule has 4 rings (SSSR count). The molecule has 0 saturated carbocycles. The molecule has 4 aromatic rings. The topological polar surface area (TPSA) is 31.2 Å². The highest BCUT2D eigenvalue weighted by molar-refractivity contribution is 5.82. The Hall–Kier alpha value is -3.59. The van der Waals surface area contributed by atoms with Gasteiger partial charge in [-0.3, -0.25) is 4.79 Å². The van der Waals surface area contributed by atoms with E-state index in [1.165, 1.54) is 40.8 Å². The number of aromatic nitrogens is 1. The lowest BCUT2D eigenvalue weighted by Gasteiger charge is -2.15. The molecule has 3 aromatic carbocycles. The molecule has 168 valence electrons. The van der Waals surface area contributed by atoms with Gasteiger partial charge in [0.25, 0.3) is 0 Å². The van der Waals surface area contributed by atoms with Gasteiger partial charge in [-0.15, -0.1) is 0 Å². The van der Waals surface area contributed by atoms with E-state index < -0.39 is 0 Å². The number of carbonyl (C=O) groups excluding carboxylic acids is 1. The van der Waals surface area contributed by atoms with Crippen molar-refractivity contribution < 1.29 is 9.53 Å². The van der Waals surface area contributed by atoms with Crippen LogP contribution in [-0.4, -0.2) is 17.6 Å². The van der Waals surface area contributed by atoms with Crippen LogP contribution in [0.2, 0.25) is 0 Å². The maximum Gasteiger partial charge on any atom is 0.305 e. The molecule has 0 bridgehead atoms. The molecular formula is C30H31NO2. The van der Waals surface area contributed by atoms with Gasteiger partial charge in [0.15, 0.2) is 0 Å². The van der Waals surface area contributed by atoms with Crippen molar-refractivity contribution in [1.29, 1.82) is 0 Å². The van der Waals surface area contributed by atoms with E-state index in [9.17, 15) is 4.79 Å². The summed E-state index contributed by atoms with van der Waals surface area (Å²) in [5, 5.41) is 0. The number of carbonyl (C=O) groups is 1. The maximum atomic E-state index is 11.6. The Labute approximate surface area is 196 Å². The SMILES string of the molecule is COC(=O)CCCCc1cc(-c2ccccc2)c(-c2ccccc2)n1CCc1ccccc1. The van der Waals surface area contributed by atoms with Crippen LogP contribution >= 0.6 is 0 Å². The van der Waals surface area contributed by atoms with Crippen molar-refractivity contribution in [2.75, 3.05) is 7.11 Å². The fourth-order valence-corrected chi connectivity index (χ4v) is 4.37. The van der Waals surface area contributed by atoms with Crippen molar-refractivity contribution in [3.63, 3.8) is 0 Å². The van der Waals surface area contributed by atoms with Gasteiger partial charge in [0.05, 0.1) is 12.8 Å². The summed E-state index contributed by atoms with van der Waals surface area (Å²) in [6.07, 6.45) is 4.15. The lowest BCUT2D eigenvalue weighted by Crippen LogP contribution is -2.08. The molecule has 0 aliphatic carbocycles. The minimum atomic E-state index is -0.135. The molecule has 0 atom stereocenters. The van der Waals surface area contributed by atoms with E-state index in [2.05, 4.69) is 102 Å². The third-order valence-electron chi connectivity index (χ3n) is 6.07.